The summed E-state index contributed by atoms with van der Waals surface area (Å²) < 4.78 is 68.8. The van der Waals surface area contributed by atoms with Crippen molar-refractivity contribution in [3.05, 3.63) is 119 Å². The SMILES string of the molecule is O=S(=O)(O)c1cc(C=Cc2ccccc2)ccc1-c1ccc(C=Cc2ccccc2)cc1S(=O)(=O)O.[NaH].[NaH]. The van der Waals surface area contributed by atoms with E-state index >= 15 is 0 Å². The number of hydrogen-bond acceptors (Lipinski definition) is 4. The van der Waals surface area contributed by atoms with Gasteiger partial charge in [0.05, 0.1) is 0 Å². The van der Waals surface area contributed by atoms with Crippen LogP contribution in [0.3, 0.4) is 0 Å². The van der Waals surface area contributed by atoms with Crippen molar-refractivity contribution in [1.82, 2.24) is 0 Å². The molecule has 4 aromatic rings. The zero-order valence-corrected chi connectivity index (χ0v) is 20.5. The molecule has 0 aliphatic rings. The van der Waals surface area contributed by atoms with Crippen molar-refractivity contribution in [3.8, 4) is 11.1 Å². The molecule has 0 bridgehead atoms. The average Bonchev–Trinajstić information content (AvgIpc) is 2.86. The van der Waals surface area contributed by atoms with Crippen LogP contribution in [0.25, 0.3) is 35.4 Å². The van der Waals surface area contributed by atoms with E-state index in [9.17, 15) is 25.9 Å². The third-order valence-electron chi connectivity index (χ3n) is 5.39. The van der Waals surface area contributed by atoms with E-state index in [2.05, 4.69) is 0 Å². The van der Waals surface area contributed by atoms with Crippen LogP contribution < -0.4 is 0 Å². The fourth-order valence-electron chi connectivity index (χ4n) is 3.67. The quantitative estimate of drug-likeness (QED) is 0.187. The number of rotatable bonds is 7. The Morgan fingerprint density at radius 1 is 0.447 bits per heavy atom. The molecule has 0 fully saturated rings. The monoisotopic (exact) mass is 566 g/mol. The topological polar surface area (TPSA) is 109 Å². The number of benzene rings is 4. The Balaban J connectivity index is 0.00000253. The van der Waals surface area contributed by atoms with E-state index in [0.29, 0.717) is 11.1 Å². The first-order valence-electron chi connectivity index (χ1n) is 10.8. The van der Waals surface area contributed by atoms with Crippen LogP contribution in [0.1, 0.15) is 22.3 Å². The van der Waals surface area contributed by atoms with Crippen molar-refractivity contribution in [1.29, 1.82) is 0 Å². The van der Waals surface area contributed by atoms with Crippen LogP contribution in [-0.4, -0.2) is 85.1 Å². The molecule has 6 nitrogen and oxygen atoms in total. The Bertz CT molecular complexity index is 1540. The average molecular weight is 567 g/mol. The van der Waals surface area contributed by atoms with E-state index in [0.717, 1.165) is 11.1 Å². The summed E-state index contributed by atoms with van der Waals surface area (Å²) in [5.74, 6) is 0. The van der Waals surface area contributed by atoms with E-state index in [1.165, 1.54) is 24.3 Å². The Morgan fingerprint density at radius 3 is 1.08 bits per heavy atom. The predicted molar refractivity (Wildman–Crippen MR) is 157 cm³/mol. The molecule has 0 saturated heterocycles. The fourth-order valence-corrected chi connectivity index (χ4v) is 5.15. The summed E-state index contributed by atoms with van der Waals surface area (Å²) in [6.45, 7) is 0. The molecule has 0 spiro atoms. The summed E-state index contributed by atoms with van der Waals surface area (Å²) in [7, 11) is -9.46. The van der Waals surface area contributed by atoms with Gasteiger partial charge in [-0.3, -0.25) is 9.11 Å². The van der Waals surface area contributed by atoms with Crippen LogP contribution in [0.2, 0.25) is 0 Å². The Hall–Kier alpha value is -1.82. The summed E-state index contributed by atoms with van der Waals surface area (Å²) in [4.78, 5) is -0.953. The maximum absolute atomic E-state index is 12.2. The summed E-state index contributed by atoms with van der Waals surface area (Å²) in [6.07, 6.45) is 6.91. The molecule has 0 amide bonds. The summed E-state index contributed by atoms with van der Waals surface area (Å²) in [6, 6.07) is 27.2. The van der Waals surface area contributed by atoms with Crippen LogP contribution >= 0.6 is 0 Å². The molecule has 0 aromatic heterocycles. The molecule has 0 saturated carbocycles. The molecule has 0 atom stereocenters. The molecule has 186 valence electrons. The molecule has 10 heteroatoms. The first-order valence-corrected chi connectivity index (χ1v) is 13.7. The minimum atomic E-state index is -4.73. The van der Waals surface area contributed by atoms with Gasteiger partial charge >= 0.3 is 59.1 Å². The van der Waals surface area contributed by atoms with E-state index in [-0.39, 0.29) is 70.2 Å². The molecule has 0 unspecified atom stereocenters. The van der Waals surface area contributed by atoms with Gasteiger partial charge in [-0.25, -0.2) is 0 Å². The van der Waals surface area contributed by atoms with Gasteiger partial charge in [-0.15, -0.1) is 0 Å². The van der Waals surface area contributed by atoms with Crippen molar-refractivity contribution in [2.24, 2.45) is 0 Å². The maximum atomic E-state index is 12.2. The van der Waals surface area contributed by atoms with Gasteiger partial charge in [-0.2, -0.15) is 16.8 Å². The van der Waals surface area contributed by atoms with E-state index in [1.807, 2.05) is 60.7 Å². The van der Waals surface area contributed by atoms with Crippen LogP contribution in [-0.2, 0) is 20.2 Å². The molecule has 0 aliphatic carbocycles. The van der Waals surface area contributed by atoms with Crippen LogP contribution in [0, 0.1) is 0 Å². The minimum absolute atomic E-state index is 0. The van der Waals surface area contributed by atoms with E-state index < -0.39 is 30.0 Å². The van der Waals surface area contributed by atoms with Crippen LogP contribution in [0.4, 0.5) is 0 Å². The third kappa shape index (κ3) is 8.59. The van der Waals surface area contributed by atoms with Crippen molar-refractivity contribution >= 4 is 104 Å². The second kappa shape index (κ2) is 14.0. The Kier molecular flexibility index (Phi) is 11.9. The summed E-state index contributed by atoms with van der Waals surface area (Å²) in [5, 5.41) is 0. The molecule has 4 rings (SSSR count). The van der Waals surface area contributed by atoms with Gasteiger partial charge < -0.3 is 0 Å². The molecule has 0 aliphatic heterocycles. The van der Waals surface area contributed by atoms with Gasteiger partial charge in [0.15, 0.2) is 0 Å². The summed E-state index contributed by atoms with van der Waals surface area (Å²) >= 11 is 0. The van der Waals surface area contributed by atoms with Crippen molar-refractivity contribution in [2.75, 3.05) is 0 Å². The third-order valence-corrected chi connectivity index (χ3v) is 7.18. The molecular weight excluding hydrogens is 542 g/mol. The van der Waals surface area contributed by atoms with Crippen LogP contribution in [0.5, 0.6) is 0 Å². The molecule has 0 radical (unpaired) electrons. The Morgan fingerprint density at radius 2 is 0.763 bits per heavy atom. The van der Waals surface area contributed by atoms with E-state index in [1.54, 1.807) is 36.4 Å². The van der Waals surface area contributed by atoms with Crippen molar-refractivity contribution < 1.29 is 25.9 Å². The second-order valence-corrected chi connectivity index (χ2v) is 10.7. The predicted octanol–water partition coefficient (Wildman–Crippen LogP) is 4.89. The first kappa shape index (κ1) is 32.4. The van der Waals surface area contributed by atoms with E-state index in [4.69, 9.17) is 0 Å². The van der Waals surface area contributed by atoms with Gasteiger partial charge in [0, 0.05) is 11.1 Å². The van der Waals surface area contributed by atoms with Gasteiger partial charge in [0.1, 0.15) is 9.79 Å². The molecule has 2 N–H and O–H groups in total. The first-order chi connectivity index (χ1) is 17.1. The van der Waals surface area contributed by atoms with Gasteiger partial charge in [0.25, 0.3) is 20.2 Å². The van der Waals surface area contributed by atoms with Crippen molar-refractivity contribution in [3.63, 3.8) is 0 Å². The normalized spacial score (nSPS) is 11.7. The zero-order valence-electron chi connectivity index (χ0n) is 18.9. The van der Waals surface area contributed by atoms with Gasteiger partial charge in [-0.05, 0) is 34.4 Å². The van der Waals surface area contributed by atoms with Gasteiger partial charge in [-0.1, -0.05) is 109 Å². The molecule has 0 heterocycles. The molecule has 38 heavy (non-hydrogen) atoms. The fraction of sp³-hybridized carbons (Fsp3) is 0. The number of hydrogen-bond donors (Lipinski definition) is 2. The molecule has 4 aromatic carbocycles. The van der Waals surface area contributed by atoms with Crippen molar-refractivity contribution in [2.45, 2.75) is 9.79 Å². The molecular formula is C28H24Na2O6S2. The second-order valence-electron chi connectivity index (χ2n) is 7.95. The summed E-state index contributed by atoms with van der Waals surface area (Å²) in [5.41, 5.74) is 2.63. The van der Waals surface area contributed by atoms with Gasteiger partial charge in [0.2, 0.25) is 0 Å². The Labute approximate surface area is 267 Å². The van der Waals surface area contributed by atoms with Crippen LogP contribution in [0.15, 0.2) is 107 Å². The standard InChI is InChI=1S/C28H22O6S2.2Na.2H/c29-35(30,31)27-19-23(13-11-21-7-3-1-4-8-21)15-17-25(27)26-18-16-24(20-28(26)36(32,33)34)14-12-22-9-5-2-6-10-22;;;;/h1-20H,(H,29,30,31)(H,32,33,34);;;;. The zero-order chi connectivity index (χ0) is 25.8.